The topological polar surface area (TPSA) is 105 Å². The van der Waals surface area contributed by atoms with Crippen molar-refractivity contribution in [3.8, 4) is 0 Å². The molecule has 0 aromatic heterocycles. The fourth-order valence-corrected chi connectivity index (χ4v) is 3.11. The second-order valence-electron chi connectivity index (χ2n) is 4.52. The van der Waals surface area contributed by atoms with Crippen LogP contribution < -0.4 is 11.5 Å². The molecule has 0 bridgehead atoms. The maximum atomic E-state index is 11.8. The standard InChI is InChI=1S/C12H21ClN2O4/c1-3-18-12(19-4-2)8(13)6-5-7(10(14)16)9(12)11(15)17/h7-9H,3-6H2,1-2H3,(H2,14,16)(H2,15,17). The van der Waals surface area contributed by atoms with E-state index in [4.69, 9.17) is 32.5 Å². The van der Waals surface area contributed by atoms with Crippen LogP contribution in [0.5, 0.6) is 0 Å². The van der Waals surface area contributed by atoms with E-state index in [0.717, 1.165) is 0 Å². The van der Waals surface area contributed by atoms with Crippen molar-refractivity contribution >= 4 is 23.4 Å². The van der Waals surface area contributed by atoms with Crippen LogP contribution >= 0.6 is 11.6 Å². The van der Waals surface area contributed by atoms with Crippen molar-refractivity contribution in [1.82, 2.24) is 0 Å². The van der Waals surface area contributed by atoms with Crippen LogP contribution in [-0.2, 0) is 19.1 Å². The molecule has 2 amide bonds. The number of primary amides is 2. The van der Waals surface area contributed by atoms with E-state index in [-0.39, 0.29) is 0 Å². The van der Waals surface area contributed by atoms with Gasteiger partial charge < -0.3 is 20.9 Å². The quantitative estimate of drug-likeness (QED) is 0.545. The summed E-state index contributed by atoms with van der Waals surface area (Å²) in [5, 5.41) is -0.555. The van der Waals surface area contributed by atoms with Crippen molar-refractivity contribution in [1.29, 1.82) is 0 Å². The number of ether oxygens (including phenoxy) is 2. The lowest BCUT2D eigenvalue weighted by atomic mass is 9.73. The predicted octanol–water partition coefficient (Wildman–Crippen LogP) is 0.360. The number of rotatable bonds is 6. The van der Waals surface area contributed by atoms with Crippen LogP contribution in [0.4, 0.5) is 0 Å². The second-order valence-corrected chi connectivity index (χ2v) is 5.05. The van der Waals surface area contributed by atoms with E-state index in [1.54, 1.807) is 13.8 Å². The van der Waals surface area contributed by atoms with Gasteiger partial charge in [-0.15, -0.1) is 11.6 Å². The minimum absolute atomic E-state index is 0.290. The molecule has 0 saturated heterocycles. The SMILES string of the molecule is CCOC1(OCC)C(Cl)CCC(C(N)=O)C1C(N)=O. The first-order chi connectivity index (χ1) is 8.90. The van der Waals surface area contributed by atoms with Gasteiger partial charge in [0.2, 0.25) is 11.8 Å². The Balaban J connectivity index is 3.23. The third kappa shape index (κ3) is 3.01. The third-order valence-corrected chi connectivity index (χ3v) is 3.94. The van der Waals surface area contributed by atoms with E-state index >= 15 is 0 Å². The Morgan fingerprint density at radius 2 is 1.68 bits per heavy atom. The van der Waals surface area contributed by atoms with Gasteiger partial charge in [-0.2, -0.15) is 0 Å². The summed E-state index contributed by atoms with van der Waals surface area (Å²) < 4.78 is 11.2. The first kappa shape index (κ1) is 16.2. The van der Waals surface area contributed by atoms with Gasteiger partial charge in [0.05, 0.1) is 11.3 Å². The third-order valence-electron chi connectivity index (χ3n) is 3.42. The molecule has 19 heavy (non-hydrogen) atoms. The highest BCUT2D eigenvalue weighted by molar-refractivity contribution is 6.21. The molecule has 0 aliphatic heterocycles. The smallest absolute Gasteiger partial charge is 0.226 e. The predicted molar refractivity (Wildman–Crippen MR) is 70.2 cm³/mol. The maximum absolute atomic E-state index is 11.8. The highest BCUT2D eigenvalue weighted by atomic mass is 35.5. The molecule has 1 fully saturated rings. The van der Waals surface area contributed by atoms with E-state index < -0.39 is 34.8 Å². The molecule has 7 heteroatoms. The van der Waals surface area contributed by atoms with Crippen molar-refractivity contribution in [2.45, 2.75) is 37.9 Å². The summed E-state index contributed by atoms with van der Waals surface area (Å²) in [6.07, 6.45) is 0.873. The molecular formula is C12H21ClN2O4. The van der Waals surface area contributed by atoms with Crippen LogP contribution in [-0.4, -0.2) is 36.2 Å². The molecule has 3 atom stereocenters. The van der Waals surface area contributed by atoms with Crippen LogP contribution in [0.1, 0.15) is 26.7 Å². The van der Waals surface area contributed by atoms with E-state index in [1.165, 1.54) is 0 Å². The van der Waals surface area contributed by atoms with E-state index in [0.29, 0.717) is 26.1 Å². The molecule has 3 unspecified atom stereocenters. The zero-order chi connectivity index (χ0) is 14.6. The number of halogens is 1. The fourth-order valence-electron chi connectivity index (χ4n) is 2.73. The number of hydrogen-bond donors (Lipinski definition) is 2. The van der Waals surface area contributed by atoms with Crippen LogP contribution in [0.3, 0.4) is 0 Å². The van der Waals surface area contributed by atoms with Gasteiger partial charge in [-0.25, -0.2) is 0 Å². The summed E-state index contributed by atoms with van der Waals surface area (Å²) in [5.74, 6) is -4.34. The average Bonchev–Trinajstić information content (AvgIpc) is 2.32. The van der Waals surface area contributed by atoms with Crippen molar-refractivity contribution in [3.05, 3.63) is 0 Å². The van der Waals surface area contributed by atoms with E-state index in [9.17, 15) is 9.59 Å². The Bertz CT molecular complexity index is 345. The number of hydrogen-bond acceptors (Lipinski definition) is 4. The van der Waals surface area contributed by atoms with Gasteiger partial charge in [0.15, 0.2) is 5.79 Å². The molecule has 0 spiro atoms. The zero-order valence-corrected chi connectivity index (χ0v) is 12.0. The molecular weight excluding hydrogens is 272 g/mol. The lowest BCUT2D eigenvalue weighted by Gasteiger charge is -2.47. The summed E-state index contributed by atoms with van der Waals surface area (Å²) in [6.45, 7) is 4.10. The Morgan fingerprint density at radius 3 is 2.05 bits per heavy atom. The Kier molecular flexibility index (Phi) is 5.58. The molecule has 1 saturated carbocycles. The lowest BCUT2D eigenvalue weighted by molar-refractivity contribution is -0.275. The fraction of sp³-hybridized carbons (Fsp3) is 0.833. The molecule has 6 nitrogen and oxygen atoms in total. The first-order valence-corrected chi connectivity index (χ1v) is 6.84. The number of amides is 2. The largest absolute Gasteiger partial charge is 0.369 e. The Morgan fingerprint density at radius 1 is 1.16 bits per heavy atom. The van der Waals surface area contributed by atoms with Crippen LogP contribution in [0.2, 0.25) is 0 Å². The van der Waals surface area contributed by atoms with Gasteiger partial charge in [-0.3, -0.25) is 9.59 Å². The number of alkyl halides is 1. The van der Waals surface area contributed by atoms with Crippen molar-refractivity contribution in [2.75, 3.05) is 13.2 Å². The minimum atomic E-state index is -1.38. The molecule has 1 aliphatic rings. The number of carbonyl (C=O) groups is 2. The van der Waals surface area contributed by atoms with Crippen LogP contribution in [0.15, 0.2) is 0 Å². The first-order valence-electron chi connectivity index (χ1n) is 6.41. The molecule has 0 heterocycles. The van der Waals surface area contributed by atoms with Gasteiger partial charge in [0.1, 0.15) is 5.92 Å². The molecule has 0 aromatic carbocycles. The molecule has 0 radical (unpaired) electrons. The second kappa shape index (κ2) is 6.54. The van der Waals surface area contributed by atoms with Gasteiger partial charge in [-0.05, 0) is 26.7 Å². The van der Waals surface area contributed by atoms with Gasteiger partial charge >= 0.3 is 0 Å². The van der Waals surface area contributed by atoms with Gasteiger partial charge in [0, 0.05) is 13.2 Å². The minimum Gasteiger partial charge on any atom is -0.369 e. The lowest BCUT2D eigenvalue weighted by Crippen LogP contribution is -2.62. The molecule has 1 rings (SSSR count). The number of carbonyl (C=O) groups excluding carboxylic acids is 2. The van der Waals surface area contributed by atoms with Gasteiger partial charge in [0.25, 0.3) is 0 Å². The molecule has 0 aromatic rings. The zero-order valence-electron chi connectivity index (χ0n) is 11.2. The van der Waals surface area contributed by atoms with Crippen molar-refractivity contribution in [2.24, 2.45) is 23.3 Å². The molecule has 110 valence electrons. The molecule has 4 N–H and O–H groups in total. The normalized spacial score (nSPS) is 29.9. The molecule has 1 aliphatic carbocycles. The maximum Gasteiger partial charge on any atom is 0.226 e. The summed E-state index contributed by atoms with van der Waals surface area (Å²) in [4.78, 5) is 23.3. The van der Waals surface area contributed by atoms with Gasteiger partial charge in [-0.1, -0.05) is 0 Å². The summed E-state index contributed by atoms with van der Waals surface area (Å²) in [7, 11) is 0. The summed E-state index contributed by atoms with van der Waals surface area (Å²) in [5.41, 5.74) is 10.8. The van der Waals surface area contributed by atoms with E-state index in [1.807, 2.05) is 0 Å². The van der Waals surface area contributed by atoms with Crippen LogP contribution in [0.25, 0.3) is 0 Å². The van der Waals surface area contributed by atoms with Crippen molar-refractivity contribution < 1.29 is 19.1 Å². The summed E-state index contributed by atoms with van der Waals surface area (Å²) in [6, 6.07) is 0. The number of nitrogens with two attached hydrogens (primary N) is 2. The van der Waals surface area contributed by atoms with Crippen LogP contribution in [0, 0.1) is 11.8 Å². The monoisotopic (exact) mass is 292 g/mol. The Labute approximate surface area is 117 Å². The average molecular weight is 293 g/mol. The highest BCUT2D eigenvalue weighted by Gasteiger charge is 2.57. The van der Waals surface area contributed by atoms with E-state index in [2.05, 4.69) is 0 Å². The Hall–Kier alpha value is -0.850. The summed E-state index contributed by atoms with van der Waals surface area (Å²) >= 11 is 6.30. The van der Waals surface area contributed by atoms with Crippen molar-refractivity contribution in [3.63, 3.8) is 0 Å². The highest BCUT2D eigenvalue weighted by Crippen LogP contribution is 2.44.